The summed E-state index contributed by atoms with van der Waals surface area (Å²) in [5.74, 6) is 0.473. The molecule has 3 aromatic rings. The molecule has 2 unspecified atom stereocenters. The molecule has 7 nitrogen and oxygen atoms in total. The Labute approximate surface area is 224 Å². The highest BCUT2D eigenvalue weighted by atomic mass is 35.5. The number of aryl methyl sites for hydroxylation is 1. The molecule has 0 aliphatic carbocycles. The van der Waals surface area contributed by atoms with Crippen LogP contribution in [0.1, 0.15) is 36.2 Å². The highest BCUT2D eigenvalue weighted by Gasteiger charge is 2.32. The molecule has 2 heterocycles. The number of halogens is 1. The number of piperidine rings is 1. The van der Waals surface area contributed by atoms with Crippen molar-refractivity contribution in [1.29, 1.82) is 0 Å². The fourth-order valence-corrected chi connectivity index (χ4v) is 7.36. The molecule has 4 rings (SSSR count). The van der Waals surface area contributed by atoms with E-state index >= 15 is 0 Å². The minimum Gasteiger partial charge on any atom is -0.308 e. The Morgan fingerprint density at radius 3 is 2.31 bits per heavy atom. The van der Waals surface area contributed by atoms with E-state index in [4.69, 9.17) is 4.98 Å². The molecule has 36 heavy (non-hydrogen) atoms. The van der Waals surface area contributed by atoms with Crippen LogP contribution < -0.4 is 4.90 Å². The van der Waals surface area contributed by atoms with Gasteiger partial charge < -0.3 is 4.90 Å². The first kappa shape index (κ1) is 28.5. The first-order valence-electron chi connectivity index (χ1n) is 12.0. The molecule has 1 amide bonds. The van der Waals surface area contributed by atoms with Crippen molar-refractivity contribution in [2.24, 2.45) is 11.8 Å². The Balaban J connectivity index is 0.00000361. The van der Waals surface area contributed by atoms with Crippen molar-refractivity contribution in [1.82, 2.24) is 14.2 Å². The van der Waals surface area contributed by atoms with Crippen molar-refractivity contribution < 1.29 is 13.2 Å². The van der Waals surface area contributed by atoms with E-state index in [1.165, 1.54) is 11.3 Å². The van der Waals surface area contributed by atoms with Crippen molar-refractivity contribution in [3.05, 3.63) is 53.6 Å². The third kappa shape index (κ3) is 6.26. The first-order valence-corrected chi connectivity index (χ1v) is 14.2. The van der Waals surface area contributed by atoms with Crippen LogP contribution in [0, 0.1) is 18.8 Å². The molecular formula is C26H35ClN4O3S2. The average molecular weight is 551 g/mol. The summed E-state index contributed by atoms with van der Waals surface area (Å²) in [5.41, 5.74) is 2.45. The van der Waals surface area contributed by atoms with Gasteiger partial charge in [0.1, 0.15) is 0 Å². The Hall–Kier alpha value is -2.04. The molecule has 2 atom stereocenters. The summed E-state index contributed by atoms with van der Waals surface area (Å²) in [5, 5.41) is 0.644. The van der Waals surface area contributed by atoms with Gasteiger partial charge in [0, 0.05) is 31.7 Å². The van der Waals surface area contributed by atoms with E-state index in [9.17, 15) is 13.2 Å². The zero-order valence-corrected chi connectivity index (χ0v) is 23.9. The Kier molecular flexibility index (Phi) is 9.16. The van der Waals surface area contributed by atoms with Crippen molar-refractivity contribution in [3.63, 3.8) is 0 Å². The number of carbonyl (C=O) groups excluding carboxylic acids is 1. The summed E-state index contributed by atoms with van der Waals surface area (Å²) in [4.78, 5) is 22.2. The quantitative estimate of drug-likeness (QED) is 0.418. The predicted octanol–water partition coefficient (Wildman–Crippen LogP) is 4.90. The fraction of sp³-hybridized carbons (Fsp3) is 0.462. The second-order valence-electron chi connectivity index (χ2n) is 10.0. The van der Waals surface area contributed by atoms with Crippen LogP contribution in [0.3, 0.4) is 0 Å². The van der Waals surface area contributed by atoms with Crippen molar-refractivity contribution in [2.45, 2.75) is 32.1 Å². The number of anilines is 1. The molecular weight excluding hydrogens is 516 g/mol. The number of amides is 1. The zero-order chi connectivity index (χ0) is 25.3. The number of sulfonamides is 1. The van der Waals surface area contributed by atoms with Crippen LogP contribution in [0.25, 0.3) is 10.2 Å². The number of nitrogens with zero attached hydrogens (tertiary/aromatic N) is 4. The molecule has 0 N–H and O–H groups in total. The number of benzene rings is 2. The molecule has 1 aliphatic rings. The average Bonchev–Trinajstić information content (AvgIpc) is 3.21. The van der Waals surface area contributed by atoms with Gasteiger partial charge in [-0.25, -0.2) is 13.4 Å². The molecule has 0 radical (unpaired) electrons. The smallest absolute Gasteiger partial charge is 0.260 e. The molecule has 0 spiro atoms. The fourth-order valence-electron chi connectivity index (χ4n) is 4.60. The number of likely N-dealkylation sites (N-methyl/N-ethyl adjacent to an activating group) is 1. The maximum atomic E-state index is 13.6. The van der Waals surface area contributed by atoms with E-state index in [0.717, 1.165) is 22.2 Å². The molecule has 0 bridgehead atoms. The summed E-state index contributed by atoms with van der Waals surface area (Å²) in [6.07, 6.45) is 1.04. The molecule has 2 aromatic carbocycles. The lowest BCUT2D eigenvalue weighted by Gasteiger charge is -2.34. The van der Waals surface area contributed by atoms with Crippen LogP contribution in [-0.4, -0.2) is 68.8 Å². The number of hydrogen-bond acceptors (Lipinski definition) is 6. The molecule has 1 aromatic heterocycles. The van der Waals surface area contributed by atoms with Crippen LogP contribution in [0.2, 0.25) is 0 Å². The first-order chi connectivity index (χ1) is 16.5. The second kappa shape index (κ2) is 11.6. The van der Waals surface area contributed by atoms with Gasteiger partial charge in [-0.05, 0) is 81.2 Å². The van der Waals surface area contributed by atoms with Gasteiger partial charge in [-0.15, -0.1) is 12.4 Å². The summed E-state index contributed by atoms with van der Waals surface area (Å²) in [6.45, 7) is 8.43. The minimum atomic E-state index is -3.59. The van der Waals surface area contributed by atoms with Crippen LogP contribution >= 0.6 is 23.7 Å². The number of hydrogen-bond donors (Lipinski definition) is 0. The summed E-state index contributed by atoms with van der Waals surface area (Å²) in [6, 6.07) is 12.4. The monoisotopic (exact) mass is 550 g/mol. The van der Waals surface area contributed by atoms with Gasteiger partial charge in [0.15, 0.2) is 5.13 Å². The van der Waals surface area contributed by atoms with Gasteiger partial charge in [0.2, 0.25) is 10.0 Å². The molecule has 1 saturated heterocycles. The van der Waals surface area contributed by atoms with Crippen LogP contribution in [-0.2, 0) is 10.0 Å². The minimum absolute atomic E-state index is 0. The molecule has 1 fully saturated rings. The summed E-state index contributed by atoms with van der Waals surface area (Å²) >= 11 is 1.49. The molecule has 196 valence electrons. The number of aromatic nitrogens is 1. The van der Waals surface area contributed by atoms with Crippen LogP contribution in [0.4, 0.5) is 5.13 Å². The third-order valence-electron chi connectivity index (χ3n) is 6.35. The van der Waals surface area contributed by atoms with Crippen molar-refractivity contribution >= 4 is 55.0 Å². The number of carbonyl (C=O) groups is 1. The van der Waals surface area contributed by atoms with E-state index in [1.807, 2.05) is 38.1 Å². The third-order valence-corrected chi connectivity index (χ3v) is 9.24. The van der Waals surface area contributed by atoms with E-state index < -0.39 is 10.0 Å². The van der Waals surface area contributed by atoms with Gasteiger partial charge in [-0.1, -0.05) is 31.3 Å². The van der Waals surface area contributed by atoms with Gasteiger partial charge in [-0.2, -0.15) is 4.31 Å². The maximum Gasteiger partial charge on any atom is 0.260 e. The number of thiazole rings is 1. The lowest BCUT2D eigenvalue weighted by Crippen LogP contribution is -2.42. The summed E-state index contributed by atoms with van der Waals surface area (Å²) < 4.78 is 29.1. The van der Waals surface area contributed by atoms with E-state index in [-0.39, 0.29) is 23.2 Å². The van der Waals surface area contributed by atoms with Gasteiger partial charge >= 0.3 is 0 Å². The van der Waals surface area contributed by atoms with Crippen molar-refractivity contribution in [3.8, 4) is 0 Å². The van der Waals surface area contributed by atoms with E-state index in [1.54, 1.807) is 33.5 Å². The predicted molar refractivity (Wildman–Crippen MR) is 150 cm³/mol. The van der Waals surface area contributed by atoms with Gasteiger partial charge in [-0.3, -0.25) is 9.69 Å². The standard InChI is InChI=1S/C26H34N4O3S2.ClH/c1-18-6-11-23-24(15-18)34-26(27-23)30(13-12-28(4)5)25(31)21-7-9-22(10-8-21)35(32,33)29-16-19(2)14-20(3)17-29;/h6-11,15,19-20H,12-14,16-17H2,1-5H3;1H. The van der Waals surface area contributed by atoms with E-state index in [2.05, 4.69) is 19.9 Å². The Morgan fingerprint density at radius 1 is 1.06 bits per heavy atom. The SMILES string of the molecule is Cc1ccc2nc(N(CCN(C)C)C(=O)c3ccc(S(=O)(=O)N4CC(C)CC(C)C4)cc3)sc2c1.Cl. The van der Waals surface area contributed by atoms with E-state index in [0.29, 0.717) is 48.7 Å². The maximum absolute atomic E-state index is 13.6. The lowest BCUT2D eigenvalue weighted by atomic mass is 9.94. The number of fused-ring (bicyclic) bond motifs is 1. The molecule has 10 heteroatoms. The van der Waals surface area contributed by atoms with Gasteiger partial charge in [0.25, 0.3) is 5.91 Å². The zero-order valence-electron chi connectivity index (χ0n) is 21.5. The summed E-state index contributed by atoms with van der Waals surface area (Å²) in [7, 11) is 0.335. The highest BCUT2D eigenvalue weighted by Crippen LogP contribution is 2.31. The van der Waals surface area contributed by atoms with Crippen molar-refractivity contribution in [2.75, 3.05) is 45.2 Å². The van der Waals surface area contributed by atoms with Gasteiger partial charge in [0.05, 0.1) is 15.1 Å². The lowest BCUT2D eigenvalue weighted by molar-refractivity contribution is 0.0985. The largest absolute Gasteiger partial charge is 0.308 e. The van der Waals surface area contributed by atoms with Crippen LogP contribution in [0.5, 0.6) is 0 Å². The Morgan fingerprint density at radius 2 is 1.69 bits per heavy atom. The molecule has 1 aliphatic heterocycles. The number of rotatable bonds is 7. The van der Waals surface area contributed by atoms with Crippen LogP contribution in [0.15, 0.2) is 47.4 Å². The molecule has 0 saturated carbocycles. The normalized spacial score (nSPS) is 18.8. The highest BCUT2D eigenvalue weighted by molar-refractivity contribution is 7.89. The second-order valence-corrected chi connectivity index (χ2v) is 13.0. The topological polar surface area (TPSA) is 73.8 Å². The Bertz CT molecular complexity index is 1300.